The van der Waals surface area contributed by atoms with Gasteiger partial charge in [0.15, 0.2) is 0 Å². The summed E-state index contributed by atoms with van der Waals surface area (Å²) in [6.45, 7) is 1.74. The molecule has 0 radical (unpaired) electrons. The molecule has 0 saturated heterocycles. The van der Waals surface area contributed by atoms with E-state index in [2.05, 4.69) is 11.6 Å². The summed E-state index contributed by atoms with van der Waals surface area (Å²) < 4.78 is 0.249. The summed E-state index contributed by atoms with van der Waals surface area (Å²) in [6.07, 6.45) is 4.41. The summed E-state index contributed by atoms with van der Waals surface area (Å²) >= 11 is 1.82. The topological polar surface area (TPSA) is 69.6 Å². The van der Waals surface area contributed by atoms with Gasteiger partial charge in [-0.05, 0) is 42.4 Å². The maximum atomic E-state index is 12.2. The largest absolute Gasteiger partial charge is 0.478 e. The summed E-state index contributed by atoms with van der Waals surface area (Å²) in [6, 6.07) is 4.99. The number of thioether (sulfide) groups is 1. The number of aromatic carboxylic acids is 1. The number of urea groups is 1. The molecule has 112 valence electrons. The fourth-order valence-electron chi connectivity index (χ4n) is 2.61. The predicted molar refractivity (Wildman–Crippen MR) is 81.5 cm³/mol. The Kier molecular flexibility index (Phi) is 3.57. The predicted octanol–water partition coefficient (Wildman–Crippen LogP) is 2.31. The quantitative estimate of drug-likeness (QED) is 0.895. The van der Waals surface area contributed by atoms with Crippen molar-refractivity contribution in [2.75, 3.05) is 12.8 Å². The summed E-state index contributed by atoms with van der Waals surface area (Å²) in [5, 5.41) is 12.0. The number of amides is 2. The second kappa shape index (κ2) is 5.26. The number of fused-ring (bicyclic) bond motifs is 1. The van der Waals surface area contributed by atoms with Crippen LogP contribution in [0.2, 0.25) is 0 Å². The molecular formula is C15H18N2O3S. The van der Waals surface area contributed by atoms with Crippen LogP contribution in [-0.2, 0) is 13.1 Å². The molecule has 2 N–H and O–H groups in total. The molecule has 2 aliphatic rings. The van der Waals surface area contributed by atoms with Gasteiger partial charge in [0.25, 0.3) is 0 Å². The van der Waals surface area contributed by atoms with Crippen molar-refractivity contribution in [1.82, 2.24) is 10.2 Å². The number of carbonyl (C=O) groups is 2. The first-order chi connectivity index (χ1) is 10.0. The molecule has 1 aliphatic carbocycles. The van der Waals surface area contributed by atoms with Crippen LogP contribution in [0.15, 0.2) is 18.2 Å². The fraction of sp³-hybridized carbons (Fsp3) is 0.467. The van der Waals surface area contributed by atoms with Gasteiger partial charge in [-0.25, -0.2) is 9.59 Å². The number of hydrogen-bond acceptors (Lipinski definition) is 3. The zero-order valence-electron chi connectivity index (χ0n) is 11.9. The number of hydrogen-bond donors (Lipinski definition) is 2. The average molecular weight is 306 g/mol. The van der Waals surface area contributed by atoms with E-state index in [1.165, 1.54) is 0 Å². The lowest BCUT2D eigenvalue weighted by molar-refractivity contribution is 0.0696. The third-order valence-electron chi connectivity index (χ3n) is 4.27. The van der Waals surface area contributed by atoms with Gasteiger partial charge in [0.2, 0.25) is 0 Å². The maximum Gasteiger partial charge on any atom is 0.335 e. The van der Waals surface area contributed by atoms with E-state index in [0.29, 0.717) is 19.6 Å². The molecule has 0 atom stereocenters. The highest BCUT2D eigenvalue weighted by molar-refractivity contribution is 8.00. The van der Waals surface area contributed by atoms with Crippen molar-refractivity contribution < 1.29 is 14.7 Å². The molecular weight excluding hydrogens is 288 g/mol. The average Bonchev–Trinajstić information content (AvgIpc) is 3.14. The summed E-state index contributed by atoms with van der Waals surface area (Å²) in [5.41, 5.74) is 2.23. The first-order valence-electron chi connectivity index (χ1n) is 6.96. The Morgan fingerprint density at radius 3 is 2.67 bits per heavy atom. The van der Waals surface area contributed by atoms with Crippen molar-refractivity contribution in [3.05, 3.63) is 34.9 Å². The molecule has 6 heteroatoms. The smallest absolute Gasteiger partial charge is 0.335 e. The zero-order chi connectivity index (χ0) is 15.0. The summed E-state index contributed by atoms with van der Waals surface area (Å²) in [5.74, 6) is -0.934. The zero-order valence-corrected chi connectivity index (χ0v) is 12.7. The van der Waals surface area contributed by atoms with Gasteiger partial charge in [0, 0.05) is 24.4 Å². The lowest BCUT2D eigenvalue weighted by Gasteiger charge is -2.19. The van der Waals surface area contributed by atoms with Gasteiger partial charge in [-0.3, -0.25) is 0 Å². The van der Waals surface area contributed by atoms with Crippen molar-refractivity contribution in [2.24, 2.45) is 0 Å². The third kappa shape index (κ3) is 2.85. The van der Waals surface area contributed by atoms with Gasteiger partial charge in [-0.2, -0.15) is 11.8 Å². The van der Waals surface area contributed by atoms with E-state index in [0.717, 1.165) is 24.0 Å². The number of carboxylic acids is 1. The molecule has 5 nitrogen and oxygen atoms in total. The molecule has 1 saturated carbocycles. The molecule has 1 aromatic rings. The Morgan fingerprint density at radius 1 is 1.33 bits per heavy atom. The number of nitrogens with one attached hydrogen (secondary N) is 1. The van der Waals surface area contributed by atoms with Crippen LogP contribution in [0, 0.1) is 0 Å². The molecule has 1 heterocycles. The van der Waals surface area contributed by atoms with Crippen LogP contribution in [0.4, 0.5) is 4.79 Å². The second-order valence-electron chi connectivity index (χ2n) is 5.69. The Bertz CT molecular complexity index is 599. The minimum atomic E-state index is -0.934. The molecule has 2 amide bonds. The SMILES string of the molecule is CSC1(CNC(=O)N2Cc3ccc(C(=O)O)cc3C2)CC1. The number of carboxylic acid groups (broad SMARTS) is 1. The highest BCUT2D eigenvalue weighted by Gasteiger charge is 2.42. The molecule has 3 rings (SSSR count). The van der Waals surface area contributed by atoms with Crippen LogP contribution in [0.5, 0.6) is 0 Å². The van der Waals surface area contributed by atoms with Gasteiger partial charge < -0.3 is 15.3 Å². The van der Waals surface area contributed by atoms with E-state index in [9.17, 15) is 9.59 Å². The van der Waals surface area contributed by atoms with Crippen molar-refractivity contribution >= 4 is 23.8 Å². The number of carbonyl (C=O) groups excluding carboxylic acids is 1. The van der Waals surface area contributed by atoms with Crippen molar-refractivity contribution in [2.45, 2.75) is 30.7 Å². The Labute approximate surface area is 127 Å². The van der Waals surface area contributed by atoms with Gasteiger partial charge in [0.1, 0.15) is 0 Å². The van der Waals surface area contributed by atoms with E-state index in [-0.39, 0.29) is 16.3 Å². The van der Waals surface area contributed by atoms with Gasteiger partial charge in [0.05, 0.1) is 5.56 Å². The molecule has 1 aliphatic heterocycles. The van der Waals surface area contributed by atoms with Crippen LogP contribution in [0.25, 0.3) is 0 Å². The molecule has 0 spiro atoms. The molecule has 0 aromatic heterocycles. The van der Waals surface area contributed by atoms with E-state index >= 15 is 0 Å². The van der Waals surface area contributed by atoms with E-state index in [4.69, 9.17) is 5.11 Å². The van der Waals surface area contributed by atoms with Crippen molar-refractivity contribution in [1.29, 1.82) is 0 Å². The normalized spacial score (nSPS) is 18.2. The lowest BCUT2D eigenvalue weighted by atomic mass is 10.1. The molecule has 1 fully saturated rings. The van der Waals surface area contributed by atoms with Crippen molar-refractivity contribution in [3.8, 4) is 0 Å². The minimum Gasteiger partial charge on any atom is -0.478 e. The Morgan fingerprint density at radius 2 is 2.05 bits per heavy atom. The number of benzene rings is 1. The van der Waals surface area contributed by atoms with Crippen LogP contribution in [0.3, 0.4) is 0 Å². The molecule has 21 heavy (non-hydrogen) atoms. The van der Waals surface area contributed by atoms with Crippen LogP contribution in [-0.4, -0.2) is 39.6 Å². The molecule has 1 aromatic carbocycles. The van der Waals surface area contributed by atoms with Crippen LogP contribution in [0.1, 0.15) is 34.3 Å². The third-order valence-corrected chi connectivity index (χ3v) is 5.68. The minimum absolute atomic E-state index is 0.0663. The van der Waals surface area contributed by atoms with Crippen LogP contribution >= 0.6 is 11.8 Å². The molecule has 0 unspecified atom stereocenters. The van der Waals surface area contributed by atoms with E-state index in [1.807, 2.05) is 11.8 Å². The Balaban J connectivity index is 1.61. The first-order valence-corrected chi connectivity index (χ1v) is 8.18. The van der Waals surface area contributed by atoms with E-state index in [1.54, 1.807) is 23.1 Å². The molecule has 0 bridgehead atoms. The summed E-state index contributed by atoms with van der Waals surface area (Å²) in [4.78, 5) is 24.9. The summed E-state index contributed by atoms with van der Waals surface area (Å²) in [7, 11) is 0. The van der Waals surface area contributed by atoms with Crippen molar-refractivity contribution in [3.63, 3.8) is 0 Å². The number of rotatable bonds is 4. The lowest BCUT2D eigenvalue weighted by Crippen LogP contribution is -2.40. The highest BCUT2D eigenvalue weighted by Crippen LogP contribution is 2.46. The van der Waals surface area contributed by atoms with Gasteiger partial charge in [-0.15, -0.1) is 0 Å². The second-order valence-corrected chi connectivity index (χ2v) is 6.96. The van der Waals surface area contributed by atoms with Gasteiger partial charge >= 0.3 is 12.0 Å². The standard InChI is InChI=1S/C15H18N2O3S/c1-21-15(4-5-15)9-16-14(20)17-7-11-3-2-10(13(18)19)6-12(11)8-17/h2-3,6H,4-5,7-9H2,1H3,(H,16,20)(H,18,19). The highest BCUT2D eigenvalue weighted by atomic mass is 32.2. The van der Waals surface area contributed by atoms with Gasteiger partial charge in [-0.1, -0.05) is 6.07 Å². The fourth-order valence-corrected chi connectivity index (χ4v) is 3.34. The monoisotopic (exact) mass is 306 g/mol. The number of nitrogens with zero attached hydrogens (tertiary/aromatic N) is 1. The maximum absolute atomic E-state index is 12.2. The van der Waals surface area contributed by atoms with E-state index < -0.39 is 5.97 Å². The Hall–Kier alpha value is -1.69. The first kappa shape index (κ1) is 14.3. The van der Waals surface area contributed by atoms with Crippen LogP contribution < -0.4 is 5.32 Å².